The Morgan fingerprint density at radius 3 is 2.52 bits per heavy atom. The van der Waals surface area contributed by atoms with Gasteiger partial charge in [0, 0.05) is 5.02 Å². The first kappa shape index (κ1) is 22.2. The third kappa shape index (κ3) is 5.55. The Bertz CT molecular complexity index is 1020. The Morgan fingerprint density at radius 2 is 1.84 bits per heavy atom. The van der Waals surface area contributed by atoms with Crippen LogP contribution in [0.4, 0.5) is 4.79 Å². The van der Waals surface area contributed by atoms with Gasteiger partial charge in [-0.05, 0) is 48.4 Å². The summed E-state index contributed by atoms with van der Waals surface area (Å²) in [4.78, 5) is 36.6. The van der Waals surface area contributed by atoms with Gasteiger partial charge in [-0.2, -0.15) is 0 Å². The molecule has 1 saturated heterocycles. The van der Waals surface area contributed by atoms with Crippen molar-refractivity contribution in [2.45, 2.75) is 13.5 Å². The summed E-state index contributed by atoms with van der Waals surface area (Å²) in [6.07, 6.45) is 1.50. The fraction of sp³-hybridized carbons (Fsp3) is 0.227. The molecule has 1 N–H and O–H groups in total. The second-order valence-electron chi connectivity index (χ2n) is 6.51. The molecule has 162 valence electrons. The highest BCUT2D eigenvalue weighted by Crippen LogP contribution is 2.30. The van der Waals surface area contributed by atoms with E-state index in [1.54, 1.807) is 30.3 Å². The maximum atomic E-state index is 12.4. The average molecular weight is 445 g/mol. The van der Waals surface area contributed by atoms with Crippen molar-refractivity contribution in [2.24, 2.45) is 0 Å². The molecule has 0 bridgehead atoms. The number of imide groups is 1. The van der Waals surface area contributed by atoms with Crippen LogP contribution in [-0.4, -0.2) is 43.1 Å². The first-order valence-electron chi connectivity index (χ1n) is 9.46. The Balaban J connectivity index is 1.77. The molecule has 0 radical (unpaired) electrons. The van der Waals surface area contributed by atoms with Gasteiger partial charge in [-0.1, -0.05) is 29.8 Å². The molecule has 3 amide bonds. The van der Waals surface area contributed by atoms with Crippen LogP contribution in [0.1, 0.15) is 18.1 Å². The lowest BCUT2D eigenvalue weighted by molar-refractivity contribution is -0.143. The van der Waals surface area contributed by atoms with Gasteiger partial charge >= 0.3 is 12.0 Å². The van der Waals surface area contributed by atoms with E-state index in [9.17, 15) is 14.4 Å². The molecule has 0 aromatic heterocycles. The van der Waals surface area contributed by atoms with E-state index in [0.29, 0.717) is 35.3 Å². The van der Waals surface area contributed by atoms with Crippen LogP contribution in [0.15, 0.2) is 48.2 Å². The molecule has 1 aliphatic rings. The number of carbonyl (C=O) groups excluding carboxylic acids is 3. The van der Waals surface area contributed by atoms with Crippen molar-refractivity contribution in [3.63, 3.8) is 0 Å². The number of hydrogen-bond acceptors (Lipinski definition) is 6. The molecular formula is C22H21ClN2O6. The van der Waals surface area contributed by atoms with Gasteiger partial charge in [0.05, 0.1) is 13.7 Å². The number of carbonyl (C=O) groups is 3. The Kier molecular flexibility index (Phi) is 7.15. The lowest BCUT2D eigenvalue weighted by Crippen LogP contribution is -2.36. The van der Waals surface area contributed by atoms with Crippen LogP contribution < -0.4 is 14.8 Å². The second kappa shape index (κ2) is 9.99. The molecule has 0 saturated carbocycles. The number of nitrogens with one attached hydrogen (secondary N) is 1. The van der Waals surface area contributed by atoms with Crippen LogP contribution in [0, 0.1) is 0 Å². The highest BCUT2D eigenvalue weighted by Gasteiger charge is 2.35. The number of urea groups is 1. The van der Waals surface area contributed by atoms with Crippen LogP contribution in [0.2, 0.25) is 5.02 Å². The summed E-state index contributed by atoms with van der Waals surface area (Å²) < 4.78 is 16.0. The van der Waals surface area contributed by atoms with Crippen LogP contribution >= 0.6 is 11.6 Å². The van der Waals surface area contributed by atoms with Crippen molar-refractivity contribution in [3.8, 4) is 11.5 Å². The van der Waals surface area contributed by atoms with E-state index >= 15 is 0 Å². The minimum atomic E-state index is -0.689. The number of benzene rings is 2. The van der Waals surface area contributed by atoms with Crippen molar-refractivity contribution in [1.82, 2.24) is 10.2 Å². The van der Waals surface area contributed by atoms with E-state index in [2.05, 4.69) is 10.1 Å². The molecule has 2 aromatic rings. The lowest BCUT2D eigenvalue weighted by Gasteiger charge is -2.13. The maximum Gasteiger partial charge on any atom is 0.329 e. The van der Waals surface area contributed by atoms with Crippen LogP contribution in [0.25, 0.3) is 6.08 Å². The van der Waals surface area contributed by atoms with Crippen molar-refractivity contribution in [1.29, 1.82) is 0 Å². The molecule has 0 atom stereocenters. The topological polar surface area (TPSA) is 94.2 Å². The number of halogens is 1. The fourth-order valence-corrected chi connectivity index (χ4v) is 2.95. The third-order valence-corrected chi connectivity index (χ3v) is 4.62. The van der Waals surface area contributed by atoms with Crippen molar-refractivity contribution < 1.29 is 28.6 Å². The number of amides is 3. The van der Waals surface area contributed by atoms with Gasteiger partial charge in [0.15, 0.2) is 11.5 Å². The molecule has 8 nitrogen and oxygen atoms in total. The van der Waals surface area contributed by atoms with Gasteiger partial charge in [-0.25, -0.2) is 9.69 Å². The van der Waals surface area contributed by atoms with E-state index in [1.807, 2.05) is 19.1 Å². The number of rotatable bonds is 8. The second-order valence-corrected chi connectivity index (χ2v) is 6.95. The van der Waals surface area contributed by atoms with Crippen LogP contribution in [-0.2, 0) is 20.9 Å². The Labute approximate surface area is 184 Å². The minimum absolute atomic E-state index is 0.0474. The summed E-state index contributed by atoms with van der Waals surface area (Å²) in [6, 6.07) is 11.8. The number of ether oxygens (including phenoxy) is 3. The third-order valence-electron chi connectivity index (χ3n) is 4.36. The first-order chi connectivity index (χ1) is 14.9. The largest absolute Gasteiger partial charge is 0.490 e. The molecule has 31 heavy (non-hydrogen) atoms. The van der Waals surface area contributed by atoms with Crippen molar-refractivity contribution in [3.05, 3.63) is 64.3 Å². The molecule has 9 heteroatoms. The zero-order valence-electron chi connectivity index (χ0n) is 17.0. The first-order valence-corrected chi connectivity index (χ1v) is 9.84. The summed E-state index contributed by atoms with van der Waals surface area (Å²) in [7, 11) is 1.18. The molecule has 1 aliphatic heterocycles. The van der Waals surface area contributed by atoms with E-state index < -0.39 is 24.5 Å². The zero-order valence-corrected chi connectivity index (χ0v) is 17.8. The van der Waals surface area contributed by atoms with Gasteiger partial charge in [0.2, 0.25) is 0 Å². The number of hydrogen-bond donors (Lipinski definition) is 1. The highest BCUT2D eigenvalue weighted by molar-refractivity contribution is 6.30. The fourth-order valence-electron chi connectivity index (χ4n) is 2.82. The smallest absolute Gasteiger partial charge is 0.329 e. The van der Waals surface area contributed by atoms with Crippen LogP contribution in [0.3, 0.4) is 0 Å². The normalized spacial score (nSPS) is 14.5. The van der Waals surface area contributed by atoms with E-state index in [4.69, 9.17) is 21.1 Å². The molecule has 0 unspecified atom stereocenters. The summed E-state index contributed by atoms with van der Waals surface area (Å²) in [6.45, 7) is 2.13. The summed E-state index contributed by atoms with van der Waals surface area (Å²) in [5.41, 5.74) is 1.61. The van der Waals surface area contributed by atoms with E-state index in [0.717, 1.165) is 10.5 Å². The predicted octanol–water partition coefficient (Wildman–Crippen LogP) is 3.38. The predicted molar refractivity (Wildman–Crippen MR) is 114 cm³/mol. The Morgan fingerprint density at radius 1 is 1.10 bits per heavy atom. The van der Waals surface area contributed by atoms with Gasteiger partial charge in [0.1, 0.15) is 18.8 Å². The van der Waals surface area contributed by atoms with Gasteiger partial charge in [-0.3, -0.25) is 9.59 Å². The van der Waals surface area contributed by atoms with Crippen molar-refractivity contribution in [2.75, 3.05) is 20.3 Å². The van der Waals surface area contributed by atoms with Crippen molar-refractivity contribution >= 4 is 35.6 Å². The van der Waals surface area contributed by atoms with Crippen LogP contribution in [0.5, 0.6) is 11.5 Å². The number of nitrogens with zero attached hydrogens (tertiary/aromatic N) is 1. The maximum absolute atomic E-state index is 12.4. The van der Waals surface area contributed by atoms with E-state index in [-0.39, 0.29) is 5.70 Å². The van der Waals surface area contributed by atoms with E-state index in [1.165, 1.54) is 13.2 Å². The monoisotopic (exact) mass is 444 g/mol. The molecule has 0 aliphatic carbocycles. The van der Waals surface area contributed by atoms with Gasteiger partial charge in [0.25, 0.3) is 5.91 Å². The number of esters is 1. The molecule has 2 aromatic carbocycles. The van der Waals surface area contributed by atoms with Gasteiger partial charge < -0.3 is 19.5 Å². The molecule has 3 rings (SSSR count). The molecular weight excluding hydrogens is 424 g/mol. The summed E-state index contributed by atoms with van der Waals surface area (Å²) in [5, 5.41) is 3.10. The van der Waals surface area contributed by atoms with Gasteiger partial charge in [-0.15, -0.1) is 0 Å². The number of methoxy groups -OCH3 is 1. The minimum Gasteiger partial charge on any atom is -0.490 e. The average Bonchev–Trinajstić information content (AvgIpc) is 3.01. The standard InChI is InChI=1S/C22H21ClN2O6/c1-3-30-19-11-15(6-9-18(19)31-13-14-4-7-16(23)8-5-14)10-17-21(27)25(22(28)24-17)12-20(26)29-2/h4-11H,3,12-13H2,1-2H3,(H,24,28)/b17-10+. The zero-order chi connectivity index (χ0) is 22.4. The molecule has 0 spiro atoms. The SMILES string of the molecule is CCOc1cc(/C=C2/NC(=O)N(CC(=O)OC)C2=O)ccc1OCc1ccc(Cl)cc1. The molecule has 1 heterocycles. The lowest BCUT2D eigenvalue weighted by atomic mass is 10.1. The highest BCUT2D eigenvalue weighted by atomic mass is 35.5. The quantitative estimate of drug-likeness (QED) is 0.381. The molecule has 1 fully saturated rings. The summed E-state index contributed by atoms with van der Waals surface area (Å²) >= 11 is 5.90. The Hall–Kier alpha value is -3.52. The summed E-state index contributed by atoms with van der Waals surface area (Å²) in [5.74, 6) is -0.274.